The number of fused-ring (bicyclic) bond motifs is 1. The zero-order chi connectivity index (χ0) is 22.3. The first-order valence-corrected chi connectivity index (χ1v) is 10.7. The Hall–Kier alpha value is -3.49. The topological polar surface area (TPSA) is 95.6 Å². The summed E-state index contributed by atoms with van der Waals surface area (Å²) in [6.45, 7) is 6.48. The summed E-state index contributed by atoms with van der Waals surface area (Å²) in [5.41, 5.74) is 2.63. The van der Waals surface area contributed by atoms with Gasteiger partial charge in [-0.25, -0.2) is 4.98 Å². The molecule has 0 radical (unpaired) electrons. The average Bonchev–Trinajstić information content (AvgIpc) is 2.80. The monoisotopic (exact) mass is 433 g/mol. The lowest BCUT2D eigenvalue weighted by molar-refractivity contribution is -0.114. The highest BCUT2D eigenvalue weighted by Crippen LogP contribution is 2.23. The van der Waals surface area contributed by atoms with E-state index < -0.39 is 0 Å². The van der Waals surface area contributed by atoms with Crippen LogP contribution in [-0.4, -0.2) is 61.1 Å². The third kappa shape index (κ3) is 5.60. The number of rotatable bonds is 7. The van der Waals surface area contributed by atoms with E-state index >= 15 is 0 Å². The van der Waals surface area contributed by atoms with E-state index in [1.165, 1.54) is 6.92 Å². The lowest BCUT2D eigenvalue weighted by Gasteiger charge is -2.26. The maximum Gasteiger partial charge on any atom is 0.256 e. The van der Waals surface area contributed by atoms with E-state index in [-0.39, 0.29) is 11.8 Å². The fourth-order valence-corrected chi connectivity index (χ4v) is 3.66. The van der Waals surface area contributed by atoms with Crippen molar-refractivity contribution in [3.63, 3.8) is 0 Å². The third-order valence-corrected chi connectivity index (χ3v) is 5.26. The van der Waals surface area contributed by atoms with Crippen molar-refractivity contribution in [2.45, 2.75) is 6.92 Å². The van der Waals surface area contributed by atoms with Crippen molar-refractivity contribution in [3.05, 3.63) is 60.2 Å². The molecule has 0 saturated carbocycles. The lowest BCUT2D eigenvalue weighted by atomic mass is 10.1. The van der Waals surface area contributed by atoms with Crippen molar-refractivity contribution in [3.8, 4) is 0 Å². The van der Waals surface area contributed by atoms with E-state index in [9.17, 15) is 9.59 Å². The highest BCUT2D eigenvalue weighted by atomic mass is 16.5. The summed E-state index contributed by atoms with van der Waals surface area (Å²) in [5, 5.41) is 9.80. The first kappa shape index (κ1) is 21.7. The van der Waals surface area contributed by atoms with Crippen molar-refractivity contribution < 1.29 is 14.3 Å². The molecule has 0 aliphatic carbocycles. The third-order valence-electron chi connectivity index (χ3n) is 5.26. The van der Waals surface area contributed by atoms with Crippen molar-refractivity contribution >= 4 is 39.9 Å². The number of morpholine rings is 1. The first-order chi connectivity index (χ1) is 15.6. The molecule has 2 aromatic carbocycles. The Morgan fingerprint density at radius 2 is 1.69 bits per heavy atom. The predicted molar refractivity (Wildman–Crippen MR) is 126 cm³/mol. The molecule has 1 fully saturated rings. The van der Waals surface area contributed by atoms with Crippen molar-refractivity contribution in [1.82, 2.24) is 9.88 Å². The number of aromatic nitrogens is 1. The predicted octanol–water partition coefficient (Wildman–Crippen LogP) is 3.19. The van der Waals surface area contributed by atoms with Gasteiger partial charge in [-0.15, -0.1) is 0 Å². The Morgan fingerprint density at radius 1 is 1.00 bits per heavy atom. The van der Waals surface area contributed by atoms with Gasteiger partial charge in [0.15, 0.2) is 0 Å². The zero-order valence-electron chi connectivity index (χ0n) is 18.1. The maximum atomic E-state index is 13.1. The van der Waals surface area contributed by atoms with E-state index in [0.717, 1.165) is 50.3 Å². The molecule has 0 unspecified atom stereocenters. The molecular formula is C24H27N5O3. The van der Waals surface area contributed by atoms with Gasteiger partial charge in [0.05, 0.1) is 24.3 Å². The van der Waals surface area contributed by atoms with Gasteiger partial charge in [0, 0.05) is 49.9 Å². The van der Waals surface area contributed by atoms with E-state index in [1.807, 2.05) is 24.3 Å². The lowest BCUT2D eigenvalue weighted by Crippen LogP contribution is -2.39. The Balaban J connectivity index is 1.48. The molecule has 3 aromatic rings. The summed E-state index contributed by atoms with van der Waals surface area (Å²) in [4.78, 5) is 31.3. The van der Waals surface area contributed by atoms with Gasteiger partial charge in [0.1, 0.15) is 5.82 Å². The number of hydrogen-bond donors (Lipinski definition) is 3. The SMILES string of the molecule is CC(=O)Nc1ccc(NC(=O)c2cc(NCCN3CCOCC3)nc3ccccc23)cc1. The second-order valence-electron chi connectivity index (χ2n) is 7.67. The summed E-state index contributed by atoms with van der Waals surface area (Å²) >= 11 is 0. The molecule has 1 aliphatic heterocycles. The summed E-state index contributed by atoms with van der Waals surface area (Å²) in [6.07, 6.45) is 0. The summed E-state index contributed by atoms with van der Waals surface area (Å²) in [6, 6.07) is 16.4. The van der Waals surface area contributed by atoms with Crippen LogP contribution in [0.5, 0.6) is 0 Å². The highest BCUT2D eigenvalue weighted by Gasteiger charge is 2.14. The van der Waals surface area contributed by atoms with Crippen LogP contribution in [0, 0.1) is 0 Å². The number of nitrogens with one attached hydrogen (secondary N) is 3. The van der Waals surface area contributed by atoms with E-state index in [0.29, 0.717) is 22.8 Å². The number of para-hydroxylation sites is 1. The standard InChI is InChI=1S/C24H27N5O3/c1-17(30)26-18-6-8-19(9-7-18)27-24(31)21-16-23(28-22-5-3-2-4-20(21)22)25-10-11-29-12-14-32-15-13-29/h2-9,16H,10-15H2,1H3,(H,25,28)(H,26,30)(H,27,31). The number of carbonyl (C=O) groups excluding carboxylic acids is 2. The average molecular weight is 434 g/mol. The molecule has 0 bridgehead atoms. The van der Waals surface area contributed by atoms with E-state index in [2.05, 4.69) is 25.8 Å². The number of benzene rings is 2. The van der Waals surface area contributed by atoms with Gasteiger partial charge in [0.2, 0.25) is 5.91 Å². The number of anilines is 3. The second kappa shape index (κ2) is 10.2. The maximum absolute atomic E-state index is 13.1. The molecule has 3 N–H and O–H groups in total. The van der Waals surface area contributed by atoms with Crippen LogP contribution in [0.2, 0.25) is 0 Å². The number of nitrogens with zero attached hydrogens (tertiary/aromatic N) is 2. The van der Waals surface area contributed by atoms with Crippen LogP contribution in [0.25, 0.3) is 10.9 Å². The van der Waals surface area contributed by atoms with Crippen molar-refractivity contribution in [2.75, 3.05) is 55.3 Å². The first-order valence-electron chi connectivity index (χ1n) is 10.7. The van der Waals surface area contributed by atoms with Gasteiger partial charge in [-0.05, 0) is 36.4 Å². The molecular weight excluding hydrogens is 406 g/mol. The quantitative estimate of drug-likeness (QED) is 0.530. The van der Waals surface area contributed by atoms with Gasteiger partial charge in [-0.1, -0.05) is 18.2 Å². The van der Waals surface area contributed by atoms with Crippen LogP contribution < -0.4 is 16.0 Å². The molecule has 0 spiro atoms. The van der Waals surface area contributed by atoms with Crippen LogP contribution >= 0.6 is 0 Å². The Bertz CT molecular complexity index is 1090. The van der Waals surface area contributed by atoms with E-state index in [1.54, 1.807) is 30.3 Å². The van der Waals surface area contributed by atoms with Crippen molar-refractivity contribution in [2.24, 2.45) is 0 Å². The number of pyridine rings is 1. The Kier molecular flexibility index (Phi) is 6.94. The van der Waals surface area contributed by atoms with Crippen LogP contribution in [0.1, 0.15) is 17.3 Å². The highest BCUT2D eigenvalue weighted by molar-refractivity contribution is 6.13. The minimum Gasteiger partial charge on any atom is -0.379 e. The smallest absolute Gasteiger partial charge is 0.256 e. The zero-order valence-corrected chi connectivity index (χ0v) is 18.1. The van der Waals surface area contributed by atoms with Gasteiger partial charge >= 0.3 is 0 Å². The molecule has 166 valence electrons. The second-order valence-corrected chi connectivity index (χ2v) is 7.67. The summed E-state index contributed by atoms with van der Waals surface area (Å²) in [7, 11) is 0. The van der Waals surface area contributed by atoms with Gasteiger partial charge in [0.25, 0.3) is 5.91 Å². The molecule has 1 saturated heterocycles. The molecule has 1 aliphatic rings. The van der Waals surface area contributed by atoms with Gasteiger partial charge in [-0.3, -0.25) is 14.5 Å². The van der Waals surface area contributed by atoms with Crippen LogP contribution in [0.4, 0.5) is 17.2 Å². The molecule has 8 heteroatoms. The molecule has 0 atom stereocenters. The molecule has 8 nitrogen and oxygen atoms in total. The van der Waals surface area contributed by atoms with Crippen molar-refractivity contribution in [1.29, 1.82) is 0 Å². The Labute approximate surface area is 187 Å². The number of ether oxygens (including phenoxy) is 1. The fourth-order valence-electron chi connectivity index (χ4n) is 3.66. The number of carbonyl (C=O) groups is 2. The largest absolute Gasteiger partial charge is 0.379 e. The molecule has 32 heavy (non-hydrogen) atoms. The fraction of sp³-hybridized carbons (Fsp3) is 0.292. The van der Waals surface area contributed by atoms with Crippen LogP contribution in [-0.2, 0) is 9.53 Å². The summed E-state index contributed by atoms with van der Waals surface area (Å²) in [5.74, 6) is 0.314. The number of hydrogen-bond acceptors (Lipinski definition) is 6. The normalized spacial score (nSPS) is 14.2. The van der Waals surface area contributed by atoms with E-state index in [4.69, 9.17) is 4.74 Å². The molecule has 1 aromatic heterocycles. The number of amides is 2. The summed E-state index contributed by atoms with van der Waals surface area (Å²) < 4.78 is 5.39. The molecule has 2 heterocycles. The van der Waals surface area contributed by atoms with Gasteiger partial charge in [-0.2, -0.15) is 0 Å². The molecule has 4 rings (SSSR count). The minimum atomic E-state index is -0.216. The van der Waals surface area contributed by atoms with Crippen LogP contribution in [0.3, 0.4) is 0 Å². The minimum absolute atomic E-state index is 0.140. The Morgan fingerprint density at radius 3 is 2.41 bits per heavy atom. The molecule has 2 amide bonds. The van der Waals surface area contributed by atoms with Gasteiger partial charge < -0.3 is 20.7 Å². The van der Waals surface area contributed by atoms with Crippen LogP contribution in [0.15, 0.2) is 54.6 Å².